The fourth-order valence-corrected chi connectivity index (χ4v) is 3.00. The van der Waals surface area contributed by atoms with E-state index in [1.165, 1.54) is 20.9 Å². The molecule has 0 saturated carbocycles. The van der Waals surface area contributed by atoms with Crippen LogP contribution in [0.3, 0.4) is 0 Å². The van der Waals surface area contributed by atoms with Gasteiger partial charge in [0.1, 0.15) is 0 Å². The first-order valence-corrected chi connectivity index (χ1v) is 6.98. The zero-order valence-corrected chi connectivity index (χ0v) is 12.0. The Bertz CT molecular complexity index is 515. The summed E-state index contributed by atoms with van der Waals surface area (Å²) in [4.78, 5) is 4.74. The van der Waals surface area contributed by atoms with Crippen LogP contribution >= 0.6 is 11.3 Å². The minimum Gasteiger partial charge on any atom is -0.324 e. The third kappa shape index (κ3) is 2.99. The quantitative estimate of drug-likeness (QED) is 0.911. The predicted octanol–water partition coefficient (Wildman–Crippen LogP) is 3.50. The molecule has 2 rings (SSSR count). The van der Waals surface area contributed by atoms with Gasteiger partial charge in [-0.1, -0.05) is 24.3 Å². The average Bonchev–Trinajstić information content (AvgIpc) is 2.78. The Morgan fingerprint density at radius 1 is 1.17 bits per heavy atom. The van der Waals surface area contributed by atoms with Crippen LogP contribution in [0.1, 0.15) is 23.4 Å². The van der Waals surface area contributed by atoms with Gasteiger partial charge in [-0.2, -0.15) is 0 Å². The van der Waals surface area contributed by atoms with Crippen molar-refractivity contribution >= 4 is 11.3 Å². The van der Waals surface area contributed by atoms with Crippen LogP contribution < -0.4 is 5.73 Å². The van der Waals surface area contributed by atoms with Gasteiger partial charge in [-0.15, -0.1) is 11.3 Å². The molecular weight excluding hydrogens is 240 g/mol. The average molecular weight is 260 g/mol. The maximum absolute atomic E-state index is 5.93. The first-order valence-electron chi connectivity index (χ1n) is 6.16. The summed E-state index contributed by atoms with van der Waals surface area (Å²) in [6.45, 7) is 2.99. The Morgan fingerprint density at radius 2 is 1.89 bits per heavy atom. The van der Waals surface area contributed by atoms with Crippen molar-refractivity contribution in [3.63, 3.8) is 0 Å². The molecule has 18 heavy (non-hydrogen) atoms. The lowest BCUT2D eigenvalue weighted by molar-refractivity contribution is 0.403. The molecule has 1 atom stereocenters. The van der Waals surface area contributed by atoms with Crippen LogP contribution in [0.4, 0.5) is 0 Å². The Hall–Kier alpha value is -1.16. The van der Waals surface area contributed by atoms with E-state index in [1.807, 2.05) is 6.92 Å². The normalized spacial score (nSPS) is 12.9. The summed E-state index contributed by atoms with van der Waals surface area (Å²) in [7, 11) is 4.19. The molecule has 1 aromatic carbocycles. The lowest BCUT2D eigenvalue weighted by Crippen LogP contribution is -2.11. The second kappa shape index (κ2) is 5.65. The summed E-state index contributed by atoms with van der Waals surface area (Å²) in [5, 5.41) is 0. The molecule has 96 valence electrons. The molecule has 2 N–H and O–H groups in total. The highest BCUT2D eigenvalue weighted by molar-refractivity contribution is 7.15. The summed E-state index contributed by atoms with van der Waals surface area (Å²) in [6.07, 6.45) is 0. The summed E-state index contributed by atoms with van der Waals surface area (Å²) < 4.78 is 0. The topological polar surface area (TPSA) is 29.3 Å². The van der Waals surface area contributed by atoms with Crippen molar-refractivity contribution in [2.24, 2.45) is 5.73 Å². The molecule has 0 aliphatic carbocycles. The summed E-state index contributed by atoms with van der Waals surface area (Å²) >= 11 is 1.79. The minimum absolute atomic E-state index is 0.116. The van der Waals surface area contributed by atoms with Crippen LogP contribution in [0.25, 0.3) is 10.4 Å². The summed E-state index contributed by atoms with van der Waals surface area (Å²) in [5.41, 5.74) is 8.61. The molecule has 0 spiro atoms. The van der Waals surface area contributed by atoms with Gasteiger partial charge in [-0.25, -0.2) is 0 Å². The molecule has 2 aromatic rings. The van der Waals surface area contributed by atoms with E-state index in [-0.39, 0.29) is 6.04 Å². The van der Waals surface area contributed by atoms with Crippen LogP contribution in [-0.4, -0.2) is 19.0 Å². The van der Waals surface area contributed by atoms with Gasteiger partial charge < -0.3 is 10.6 Å². The highest BCUT2D eigenvalue weighted by atomic mass is 32.1. The predicted molar refractivity (Wildman–Crippen MR) is 79.7 cm³/mol. The monoisotopic (exact) mass is 260 g/mol. The third-order valence-electron chi connectivity index (χ3n) is 2.84. The van der Waals surface area contributed by atoms with Crippen molar-refractivity contribution in [1.82, 2.24) is 4.90 Å². The SMILES string of the molecule is C[C@H](N)c1ccc(-c2ccccc2CN(C)C)s1. The fourth-order valence-electron chi connectivity index (χ4n) is 1.98. The first kappa shape index (κ1) is 13.3. The van der Waals surface area contributed by atoms with Gasteiger partial charge in [-0.3, -0.25) is 0 Å². The van der Waals surface area contributed by atoms with E-state index in [2.05, 4.69) is 55.4 Å². The van der Waals surface area contributed by atoms with Crippen molar-refractivity contribution in [2.75, 3.05) is 14.1 Å². The molecule has 0 radical (unpaired) electrons. The van der Waals surface area contributed by atoms with E-state index in [4.69, 9.17) is 5.73 Å². The molecule has 1 aromatic heterocycles. The van der Waals surface area contributed by atoms with Crippen molar-refractivity contribution < 1.29 is 0 Å². The Kier molecular flexibility index (Phi) is 4.17. The van der Waals surface area contributed by atoms with E-state index < -0.39 is 0 Å². The maximum Gasteiger partial charge on any atom is 0.0361 e. The Morgan fingerprint density at radius 3 is 2.50 bits per heavy atom. The number of benzene rings is 1. The molecule has 0 amide bonds. The van der Waals surface area contributed by atoms with Gasteiger partial charge >= 0.3 is 0 Å². The zero-order chi connectivity index (χ0) is 13.1. The molecule has 1 heterocycles. The van der Waals surface area contributed by atoms with Crippen molar-refractivity contribution in [3.05, 3.63) is 46.8 Å². The van der Waals surface area contributed by atoms with Crippen molar-refractivity contribution in [3.8, 4) is 10.4 Å². The van der Waals surface area contributed by atoms with E-state index >= 15 is 0 Å². The number of hydrogen-bond donors (Lipinski definition) is 1. The van der Waals surface area contributed by atoms with Crippen molar-refractivity contribution in [1.29, 1.82) is 0 Å². The van der Waals surface area contributed by atoms with Gasteiger partial charge in [-0.05, 0) is 44.3 Å². The highest BCUT2D eigenvalue weighted by Gasteiger charge is 2.09. The molecule has 0 unspecified atom stereocenters. The third-order valence-corrected chi connectivity index (χ3v) is 4.16. The molecule has 0 bridgehead atoms. The Labute approximate surface area is 113 Å². The van der Waals surface area contributed by atoms with Crippen LogP contribution in [0.5, 0.6) is 0 Å². The number of nitrogens with two attached hydrogens (primary N) is 1. The molecule has 0 fully saturated rings. The van der Waals surface area contributed by atoms with Crippen LogP contribution in [-0.2, 0) is 6.54 Å². The smallest absolute Gasteiger partial charge is 0.0361 e. The minimum atomic E-state index is 0.116. The second-order valence-corrected chi connectivity index (χ2v) is 6.00. The number of hydrogen-bond acceptors (Lipinski definition) is 3. The summed E-state index contributed by atoms with van der Waals surface area (Å²) in [6, 6.07) is 13.0. The van der Waals surface area contributed by atoms with E-state index in [1.54, 1.807) is 11.3 Å². The van der Waals surface area contributed by atoms with E-state index in [9.17, 15) is 0 Å². The van der Waals surface area contributed by atoms with Gasteiger partial charge in [0.15, 0.2) is 0 Å². The van der Waals surface area contributed by atoms with Crippen LogP contribution in [0.15, 0.2) is 36.4 Å². The lowest BCUT2D eigenvalue weighted by atomic mass is 10.1. The lowest BCUT2D eigenvalue weighted by Gasteiger charge is -2.13. The zero-order valence-electron chi connectivity index (χ0n) is 11.2. The van der Waals surface area contributed by atoms with Gasteiger partial charge in [0.25, 0.3) is 0 Å². The Balaban J connectivity index is 2.36. The van der Waals surface area contributed by atoms with E-state index in [0.717, 1.165) is 6.54 Å². The fraction of sp³-hybridized carbons (Fsp3) is 0.333. The largest absolute Gasteiger partial charge is 0.324 e. The molecule has 0 aliphatic heterocycles. The standard InChI is InChI=1S/C15H20N2S/c1-11(16)14-8-9-15(18-14)13-7-5-4-6-12(13)10-17(2)3/h4-9,11H,10,16H2,1-3H3/t11-/m0/s1. The number of nitrogens with zero attached hydrogens (tertiary/aromatic N) is 1. The molecule has 0 saturated heterocycles. The van der Waals surface area contributed by atoms with Crippen LogP contribution in [0.2, 0.25) is 0 Å². The summed E-state index contributed by atoms with van der Waals surface area (Å²) in [5.74, 6) is 0. The highest BCUT2D eigenvalue weighted by Crippen LogP contribution is 2.33. The molecule has 2 nitrogen and oxygen atoms in total. The van der Waals surface area contributed by atoms with Crippen LogP contribution in [0, 0.1) is 0 Å². The van der Waals surface area contributed by atoms with Crippen molar-refractivity contribution in [2.45, 2.75) is 19.5 Å². The van der Waals surface area contributed by atoms with Gasteiger partial charge in [0.05, 0.1) is 0 Å². The van der Waals surface area contributed by atoms with Gasteiger partial charge in [0, 0.05) is 22.3 Å². The number of thiophene rings is 1. The first-order chi connectivity index (χ1) is 8.58. The molecular formula is C15H20N2S. The van der Waals surface area contributed by atoms with E-state index in [0.29, 0.717) is 0 Å². The molecule has 0 aliphatic rings. The number of rotatable bonds is 4. The maximum atomic E-state index is 5.93. The second-order valence-electron chi connectivity index (χ2n) is 4.89. The van der Waals surface area contributed by atoms with Gasteiger partial charge in [0.2, 0.25) is 0 Å². The molecule has 3 heteroatoms.